The summed E-state index contributed by atoms with van der Waals surface area (Å²) in [6, 6.07) is 0. The highest BCUT2D eigenvalue weighted by molar-refractivity contribution is 5.85. The minimum Gasteiger partial charge on any atom is -0.477 e. The molecule has 0 radical (unpaired) electrons. The third-order valence-electron chi connectivity index (χ3n) is 0.597. The van der Waals surface area contributed by atoms with Gasteiger partial charge < -0.3 is 5.11 Å². The molecule has 8 heavy (non-hydrogen) atoms. The van der Waals surface area contributed by atoms with Crippen LogP contribution in [0.3, 0.4) is 0 Å². The largest absolute Gasteiger partial charge is 0.477 e. The average molecular weight is 110 g/mol. The first kappa shape index (κ1) is 6.77. The van der Waals surface area contributed by atoms with Gasteiger partial charge in [-0.1, -0.05) is 11.5 Å². The van der Waals surface area contributed by atoms with E-state index in [0.29, 0.717) is 0 Å². The van der Waals surface area contributed by atoms with Gasteiger partial charge in [-0.05, 0) is 13.5 Å². The Labute approximate surface area is 47.5 Å². The number of hydrogen-bond acceptors (Lipinski definition) is 1. The molecule has 0 aliphatic heterocycles. The Morgan fingerprint density at radius 2 is 2.25 bits per heavy atom. The van der Waals surface area contributed by atoms with Crippen LogP contribution in [0.25, 0.3) is 0 Å². The fourth-order valence-electron chi connectivity index (χ4n) is 0.186. The molecule has 0 aromatic carbocycles. The number of carbonyl (C=O) groups is 1. The van der Waals surface area contributed by atoms with Gasteiger partial charge in [0, 0.05) is 0 Å². The second-order valence-corrected chi connectivity index (χ2v) is 1.23. The molecule has 0 spiro atoms. The Morgan fingerprint density at radius 1 is 1.75 bits per heavy atom. The van der Waals surface area contributed by atoms with E-state index in [2.05, 4.69) is 18.0 Å². The third-order valence-corrected chi connectivity index (χ3v) is 0.597. The van der Waals surface area contributed by atoms with Gasteiger partial charge in [0.05, 0.1) is 5.57 Å². The van der Waals surface area contributed by atoms with Crippen molar-refractivity contribution in [3.8, 4) is 0 Å². The molecule has 0 amide bonds. The van der Waals surface area contributed by atoms with E-state index in [1.165, 1.54) is 6.92 Å². The molecule has 0 aromatic heterocycles. The number of rotatable bonds is 1. The Kier molecular flexibility index (Phi) is 2.42. The van der Waals surface area contributed by atoms with Crippen molar-refractivity contribution < 1.29 is 9.90 Å². The highest BCUT2D eigenvalue weighted by Crippen LogP contribution is 1.84. The fourth-order valence-corrected chi connectivity index (χ4v) is 0.186. The lowest BCUT2D eigenvalue weighted by atomic mass is 10.3. The summed E-state index contributed by atoms with van der Waals surface area (Å²) in [5, 5.41) is 8.15. The summed E-state index contributed by atoms with van der Waals surface area (Å²) in [4.78, 5) is 9.92. The first-order chi connectivity index (χ1) is 3.68. The van der Waals surface area contributed by atoms with Crippen LogP contribution in [0.4, 0.5) is 0 Å². The van der Waals surface area contributed by atoms with Gasteiger partial charge in [-0.2, -0.15) is 0 Å². The molecule has 42 valence electrons. The Balaban J connectivity index is 4.48. The van der Waals surface area contributed by atoms with E-state index in [-0.39, 0.29) is 5.57 Å². The minimum absolute atomic E-state index is 0.125. The van der Waals surface area contributed by atoms with E-state index < -0.39 is 5.97 Å². The van der Waals surface area contributed by atoms with Crippen molar-refractivity contribution in [2.24, 2.45) is 0 Å². The minimum atomic E-state index is -0.985. The van der Waals surface area contributed by atoms with Crippen molar-refractivity contribution in [2.75, 3.05) is 0 Å². The number of hydrogen-bond donors (Lipinski definition) is 1. The van der Waals surface area contributed by atoms with Gasteiger partial charge in [0.2, 0.25) is 0 Å². The van der Waals surface area contributed by atoms with Gasteiger partial charge in [0.25, 0.3) is 0 Å². The standard InChI is InChI=1S/C6H6O2/c1-3-4-5(2)6(7)8/h1H2,2H3,(H,7,8). The number of carboxylic acids is 1. The molecule has 0 fully saturated rings. The van der Waals surface area contributed by atoms with Crippen LogP contribution in [-0.2, 0) is 4.79 Å². The molecule has 0 rings (SSSR count). The Morgan fingerprint density at radius 3 is 2.38 bits per heavy atom. The lowest BCUT2D eigenvalue weighted by Crippen LogP contribution is -1.93. The second kappa shape index (κ2) is 2.86. The quantitative estimate of drug-likeness (QED) is 0.403. The van der Waals surface area contributed by atoms with Crippen molar-refractivity contribution >= 4 is 5.97 Å². The zero-order chi connectivity index (χ0) is 6.57. The summed E-state index contributed by atoms with van der Waals surface area (Å²) in [7, 11) is 0. The summed E-state index contributed by atoms with van der Waals surface area (Å²) >= 11 is 0. The van der Waals surface area contributed by atoms with Crippen LogP contribution in [0.15, 0.2) is 23.6 Å². The van der Waals surface area contributed by atoms with Crippen LogP contribution < -0.4 is 0 Å². The molecule has 0 unspecified atom stereocenters. The zero-order valence-corrected chi connectivity index (χ0v) is 4.56. The van der Waals surface area contributed by atoms with E-state index in [1.54, 1.807) is 0 Å². The summed E-state index contributed by atoms with van der Waals surface area (Å²) < 4.78 is 0. The Bertz CT molecular complexity index is 179. The molecule has 1 N–H and O–H groups in total. The maximum absolute atomic E-state index is 9.92. The van der Waals surface area contributed by atoms with Crippen molar-refractivity contribution in [2.45, 2.75) is 6.92 Å². The molecular formula is C6H6O2. The van der Waals surface area contributed by atoms with Crippen molar-refractivity contribution in [1.29, 1.82) is 0 Å². The highest BCUT2D eigenvalue weighted by Gasteiger charge is 1.94. The average Bonchev–Trinajstić information content (AvgIpc) is 1.67. The predicted octanol–water partition coefficient (Wildman–Crippen LogP) is 0.957. The van der Waals surface area contributed by atoms with E-state index >= 15 is 0 Å². The molecule has 2 nitrogen and oxygen atoms in total. The maximum Gasteiger partial charge on any atom is 0.339 e. The zero-order valence-electron chi connectivity index (χ0n) is 4.56. The van der Waals surface area contributed by atoms with Crippen molar-refractivity contribution in [3.63, 3.8) is 0 Å². The maximum atomic E-state index is 9.92. The van der Waals surface area contributed by atoms with Crippen LogP contribution in [-0.4, -0.2) is 11.1 Å². The van der Waals surface area contributed by atoms with Gasteiger partial charge in [0.1, 0.15) is 0 Å². The molecule has 0 aromatic rings. The first-order valence-corrected chi connectivity index (χ1v) is 2.03. The van der Waals surface area contributed by atoms with Crippen LogP contribution in [0, 0.1) is 0 Å². The summed E-state index contributed by atoms with van der Waals surface area (Å²) in [5.74, 6) is -0.985. The lowest BCUT2D eigenvalue weighted by molar-refractivity contribution is -0.132. The number of carboxylic acid groups (broad SMARTS) is 1. The predicted molar refractivity (Wildman–Crippen MR) is 29.5 cm³/mol. The molecule has 0 aliphatic carbocycles. The van der Waals surface area contributed by atoms with Crippen LogP contribution in [0.5, 0.6) is 0 Å². The van der Waals surface area contributed by atoms with Crippen LogP contribution in [0.2, 0.25) is 0 Å². The van der Waals surface area contributed by atoms with E-state index in [0.717, 1.165) is 0 Å². The molecule has 0 heterocycles. The summed E-state index contributed by atoms with van der Waals surface area (Å²) in [5.41, 5.74) is 4.66. The highest BCUT2D eigenvalue weighted by atomic mass is 16.4. The smallest absolute Gasteiger partial charge is 0.339 e. The number of aliphatic carboxylic acids is 1. The van der Waals surface area contributed by atoms with Crippen LogP contribution >= 0.6 is 0 Å². The first-order valence-electron chi connectivity index (χ1n) is 2.03. The third kappa shape index (κ3) is 2.04. The van der Waals surface area contributed by atoms with E-state index in [9.17, 15) is 4.79 Å². The Hall–Kier alpha value is -1.23. The van der Waals surface area contributed by atoms with Crippen LogP contribution in [0.1, 0.15) is 6.92 Å². The lowest BCUT2D eigenvalue weighted by Gasteiger charge is -1.79. The summed E-state index contributed by atoms with van der Waals surface area (Å²) in [6.45, 7) is 4.59. The second-order valence-electron chi connectivity index (χ2n) is 1.23. The van der Waals surface area contributed by atoms with Gasteiger partial charge >= 0.3 is 5.97 Å². The SMILES string of the molecule is C=C=C=C(C)C(=O)O. The van der Waals surface area contributed by atoms with Gasteiger partial charge in [-0.25, -0.2) is 4.79 Å². The molecule has 2 heteroatoms. The van der Waals surface area contributed by atoms with E-state index in [4.69, 9.17) is 5.11 Å². The summed E-state index contributed by atoms with van der Waals surface area (Å²) in [6.07, 6.45) is 0. The van der Waals surface area contributed by atoms with Gasteiger partial charge in [-0.3, -0.25) is 0 Å². The van der Waals surface area contributed by atoms with Crippen molar-refractivity contribution in [3.05, 3.63) is 23.6 Å². The molecule has 0 aliphatic rings. The monoisotopic (exact) mass is 110 g/mol. The molecule has 0 saturated carbocycles. The molecule has 0 atom stereocenters. The fraction of sp³-hybridized carbons (Fsp3) is 0.167. The van der Waals surface area contributed by atoms with E-state index in [1.807, 2.05) is 0 Å². The molecular weight excluding hydrogens is 104 g/mol. The topological polar surface area (TPSA) is 37.3 Å². The van der Waals surface area contributed by atoms with Crippen molar-refractivity contribution in [1.82, 2.24) is 0 Å². The molecule has 0 bridgehead atoms. The van der Waals surface area contributed by atoms with Gasteiger partial charge in [-0.15, -0.1) is 0 Å². The normalized spacial score (nSPS) is 6.62. The van der Waals surface area contributed by atoms with Gasteiger partial charge in [0.15, 0.2) is 0 Å². The molecule has 0 saturated heterocycles.